The number of nitrogens with zero attached hydrogens (tertiary/aromatic N) is 1. The van der Waals surface area contributed by atoms with Crippen LogP contribution in [0, 0.1) is 0 Å². The van der Waals surface area contributed by atoms with E-state index in [0.29, 0.717) is 0 Å². The predicted octanol–water partition coefficient (Wildman–Crippen LogP) is 1.98. The Bertz CT molecular complexity index is 253. The molecule has 0 aromatic heterocycles. The van der Waals surface area contributed by atoms with Gasteiger partial charge in [0.2, 0.25) is 0 Å². The lowest BCUT2D eigenvalue weighted by Crippen LogP contribution is -2.52. The standard InChI is InChI=1S/C11H19NO3/c1-4-5-6-11(2,3)15-10(14)12-7-9(13)8-12/h4-8H2,1-3H3. The Hall–Kier alpha value is -1.06. The van der Waals surface area contributed by atoms with Gasteiger partial charge in [0, 0.05) is 0 Å². The minimum Gasteiger partial charge on any atom is -0.443 e. The van der Waals surface area contributed by atoms with Gasteiger partial charge in [0.15, 0.2) is 5.78 Å². The van der Waals surface area contributed by atoms with Crippen LogP contribution in [0.3, 0.4) is 0 Å². The molecule has 1 heterocycles. The highest BCUT2D eigenvalue weighted by atomic mass is 16.6. The molecule has 0 unspecified atom stereocenters. The summed E-state index contributed by atoms with van der Waals surface area (Å²) in [7, 11) is 0. The van der Waals surface area contributed by atoms with Crippen LogP contribution in [0.1, 0.15) is 40.0 Å². The van der Waals surface area contributed by atoms with Crippen LogP contribution in [0.4, 0.5) is 4.79 Å². The van der Waals surface area contributed by atoms with Crippen molar-refractivity contribution in [1.82, 2.24) is 4.90 Å². The van der Waals surface area contributed by atoms with Crippen LogP contribution in [-0.4, -0.2) is 35.5 Å². The van der Waals surface area contributed by atoms with Crippen LogP contribution in [0.15, 0.2) is 0 Å². The van der Waals surface area contributed by atoms with Gasteiger partial charge in [-0.15, -0.1) is 0 Å². The molecule has 1 saturated heterocycles. The van der Waals surface area contributed by atoms with Crippen molar-refractivity contribution in [3.05, 3.63) is 0 Å². The number of carbonyl (C=O) groups excluding carboxylic acids is 2. The van der Waals surface area contributed by atoms with Crippen LogP contribution in [0.2, 0.25) is 0 Å². The first-order valence-corrected chi connectivity index (χ1v) is 5.44. The van der Waals surface area contributed by atoms with Crippen molar-refractivity contribution in [3.8, 4) is 0 Å². The van der Waals surface area contributed by atoms with Gasteiger partial charge in [-0.05, 0) is 26.7 Å². The van der Waals surface area contributed by atoms with Crippen LogP contribution in [-0.2, 0) is 9.53 Å². The Morgan fingerprint density at radius 1 is 1.47 bits per heavy atom. The van der Waals surface area contributed by atoms with Crippen LogP contribution in [0.5, 0.6) is 0 Å². The largest absolute Gasteiger partial charge is 0.443 e. The van der Waals surface area contributed by atoms with Gasteiger partial charge < -0.3 is 4.74 Å². The Morgan fingerprint density at radius 3 is 2.53 bits per heavy atom. The second kappa shape index (κ2) is 4.64. The third-order valence-corrected chi connectivity index (χ3v) is 2.49. The maximum Gasteiger partial charge on any atom is 0.411 e. The fourth-order valence-electron chi connectivity index (χ4n) is 1.46. The molecule has 0 N–H and O–H groups in total. The Labute approximate surface area is 90.6 Å². The van der Waals surface area contributed by atoms with Crippen molar-refractivity contribution in [2.45, 2.75) is 45.6 Å². The van der Waals surface area contributed by atoms with Gasteiger partial charge in [0.25, 0.3) is 0 Å². The molecule has 0 radical (unpaired) electrons. The number of unbranched alkanes of at least 4 members (excludes halogenated alkanes) is 1. The molecule has 0 saturated carbocycles. The summed E-state index contributed by atoms with van der Waals surface area (Å²) in [4.78, 5) is 23.6. The average Bonchev–Trinajstić information content (AvgIpc) is 2.09. The van der Waals surface area contributed by atoms with E-state index < -0.39 is 5.60 Å². The van der Waals surface area contributed by atoms with Crippen LogP contribution >= 0.6 is 0 Å². The van der Waals surface area contributed by atoms with E-state index in [4.69, 9.17) is 4.74 Å². The van der Waals surface area contributed by atoms with E-state index in [2.05, 4.69) is 6.92 Å². The van der Waals surface area contributed by atoms with Gasteiger partial charge >= 0.3 is 6.09 Å². The lowest BCUT2D eigenvalue weighted by atomic mass is 10.0. The first kappa shape index (κ1) is 12.0. The molecular weight excluding hydrogens is 194 g/mol. The number of carbonyl (C=O) groups is 2. The smallest absolute Gasteiger partial charge is 0.411 e. The molecule has 0 spiro atoms. The van der Waals surface area contributed by atoms with Crippen molar-refractivity contribution < 1.29 is 14.3 Å². The molecule has 4 heteroatoms. The molecule has 1 aliphatic rings. The van der Waals surface area contributed by atoms with E-state index in [1.165, 1.54) is 4.90 Å². The fraction of sp³-hybridized carbons (Fsp3) is 0.818. The molecule has 86 valence electrons. The van der Waals surface area contributed by atoms with Gasteiger partial charge in [-0.3, -0.25) is 9.69 Å². The van der Waals surface area contributed by atoms with Crippen molar-refractivity contribution in [3.63, 3.8) is 0 Å². The number of rotatable bonds is 4. The van der Waals surface area contributed by atoms with Crippen molar-refractivity contribution in [2.75, 3.05) is 13.1 Å². The van der Waals surface area contributed by atoms with Gasteiger partial charge in [0.1, 0.15) is 5.60 Å². The second-order valence-corrected chi connectivity index (χ2v) is 4.63. The number of hydrogen-bond acceptors (Lipinski definition) is 3. The highest BCUT2D eigenvalue weighted by Gasteiger charge is 2.33. The maximum atomic E-state index is 11.5. The van der Waals surface area contributed by atoms with Crippen molar-refractivity contribution in [2.24, 2.45) is 0 Å². The summed E-state index contributed by atoms with van der Waals surface area (Å²) < 4.78 is 5.33. The number of amides is 1. The molecule has 0 bridgehead atoms. The topological polar surface area (TPSA) is 46.6 Å². The number of ether oxygens (including phenoxy) is 1. The zero-order valence-electron chi connectivity index (χ0n) is 9.71. The van der Waals surface area contributed by atoms with Crippen molar-refractivity contribution >= 4 is 11.9 Å². The molecule has 15 heavy (non-hydrogen) atoms. The van der Waals surface area contributed by atoms with Crippen LogP contribution in [0.25, 0.3) is 0 Å². The molecule has 1 fully saturated rings. The summed E-state index contributed by atoms with van der Waals surface area (Å²) in [6.07, 6.45) is 2.62. The fourth-order valence-corrected chi connectivity index (χ4v) is 1.46. The summed E-state index contributed by atoms with van der Waals surface area (Å²) >= 11 is 0. The third-order valence-electron chi connectivity index (χ3n) is 2.49. The van der Waals surface area contributed by atoms with Gasteiger partial charge in [0.05, 0.1) is 13.1 Å². The number of likely N-dealkylation sites (tertiary alicyclic amines) is 1. The van der Waals surface area contributed by atoms with Gasteiger partial charge in [-0.2, -0.15) is 0 Å². The van der Waals surface area contributed by atoms with Gasteiger partial charge in [-0.25, -0.2) is 4.79 Å². The molecule has 1 rings (SSSR count). The van der Waals surface area contributed by atoms with E-state index in [1.807, 2.05) is 13.8 Å². The Kier molecular flexibility index (Phi) is 3.72. The first-order valence-electron chi connectivity index (χ1n) is 5.44. The molecule has 0 aromatic carbocycles. The normalized spacial score (nSPS) is 16.2. The zero-order chi connectivity index (χ0) is 11.5. The summed E-state index contributed by atoms with van der Waals surface area (Å²) in [5.41, 5.74) is -0.425. The number of ketones is 1. The predicted molar refractivity (Wildman–Crippen MR) is 56.7 cm³/mol. The molecule has 1 aliphatic heterocycles. The first-order chi connectivity index (χ1) is 6.94. The average molecular weight is 213 g/mol. The molecule has 0 aromatic rings. The maximum absolute atomic E-state index is 11.5. The summed E-state index contributed by atoms with van der Waals surface area (Å²) in [6, 6.07) is 0. The lowest BCUT2D eigenvalue weighted by Gasteiger charge is -2.33. The molecular formula is C11H19NO3. The molecule has 1 amide bonds. The quantitative estimate of drug-likeness (QED) is 0.717. The highest BCUT2D eigenvalue weighted by Crippen LogP contribution is 2.20. The van der Waals surface area contributed by atoms with E-state index in [1.54, 1.807) is 0 Å². The monoisotopic (exact) mass is 213 g/mol. The summed E-state index contributed by atoms with van der Waals surface area (Å²) in [5.74, 6) is 0.0957. The minimum absolute atomic E-state index is 0.0957. The number of Topliss-reactive ketones (excluding diaryl/α,β-unsaturated/α-hetero) is 1. The van der Waals surface area contributed by atoms with E-state index in [9.17, 15) is 9.59 Å². The zero-order valence-corrected chi connectivity index (χ0v) is 9.71. The summed E-state index contributed by atoms with van der Waals surface area (Å²) in [6.45, 7) is 6.34. The van der Waals surface area contributed by atoms with Crippen LogP contribution < -0.4 is 0 Å². The highest BCUT2D eigenvalue weighted by molar-refractivity contribution is 5.94. The van der Waals surface area contributed by atoms with E-state index >= 15 is 0 Å². The number of hydrogen-bond donors (Lipinski definition) is 0. The third kappa shape index (κ3) is 3.53. The second-order valence-electron chi connectivity index (χ2n) is 4.63. The van der Waals surface area contributed by atoms with E-state index in [-0.39, 0.29) is 25.0 Å². The molecule has 4 nitrogen and oxygen atoms in total. The Balaban J connectivity index is 2.32. The van der Waals surface area contributed by atoms with E-state index in [0.717, 1.165) is 19.3 Å². The lowest BCUT2D eigenvalue weighted by molar-refractivity contribution is -0.128. The van der Waals surface area contributed by atoms with Gasteiger partial charge in [-0.1, -0.05) is 13.3 Å². The summed E-state index contributed by atoms with van der Waals surface area (Å²) in [5, 5.41) is 0. The van der Waals surface area contributed by atoms with Crippen molar-refractivity contribution in [1.29, 1.82) is 0 Å². The Morgan fingerprint density at radius 2 is 2.07 bits per heavy atom. The molecule has 0 atom stereocenters. The molecule has 0 aliphatic carbocycles. The SMILES string of the molecule is CCCCC(C)(C)OC(=O)N1CC(=O)C1. The minimum atomic E-state index is -0.425.